The van der Waals surface area contributed by atoms with Crippen LogP contribution in [-0.2, 0) is 6.42 Å². The average molecular weight is 396 g/mol. The molecule has 1 amide bonds. The Morgan fingerprint density at radius 3 is 2.71 bits per heavy atom. The van der Waals surface area contributed by atoms with Gasteiger partial charge in [-0.3, -0.25) is 9.69 Å². The molecule has 1 N–H and O–H groups in total. The zero-order chi connectivity index (χ0) is 19.3. The Bertz CT molecular complexity index is 896. The lowest BCUT2D eigenvalue weighted by atomic mass is 10.0. The summed E-state index contributed by atoms with van der Waals surface area (Å²) in [5.74, 6) is 0.437. The van der Waals surface area contributed by atoms with Crippen molar-refractivity contribution in [2.24, 2.45) is 0 Å². The van der Waals surface area contributed by atoms with E-state index in [0.29, 0.717) is 18.0 Å². The van der Waals surface area contributed by atoms with Gasteiger partial charge in [0.15, 0.2) is 11.5 Å². The molecular weight excluding hydrogens is 370 g/mol. The van der Waals surface area contributed by atoms with E-state index in [1.54, 1.807) is 17.4 Å². The Morgan fingerprint density at radius 2 is 2.04 bits per heavy atom. The van der Waals surface area contributed by atoms with Crippen molar-refractivity contribution in [2.45, 2.75) is 32.2 Å². The maximum Gasteiger partial charge on any atom is 0.273 e. The third-order valence-corrected chi connectivity index (χ3v) is 6.20. The van der Waals surface area contributed by atoms with Crippen molar-refractivity contribution in [1.82, 2.24) is 15.4 Å². The molecule has 146 valence electrons. The van der Waals surface area contributed by atoms with Crippen LogP contribution >= 0.6 is 11.3 Å². The molecule has 3 heterocycles. The highest BCUT2D eigenvalue weighted by Gasteiger charge is 2.24. The van der Waals surface area contributed by atoms with Gasteiger partial charge < -0.3 is 9.84 Å². The van der Waals surface area contributed by atoms with Crippen LogP contribution in [0.5, 0.6) is 0 Å². The number of amides is 1. The fraction of sp³-hybridized carbons (Fsp3) is 0.364. The fourth-order valence-corrected chi connectivity index (χ4v) is 4.36. The molecule has 0 bridgehead atoms. The topological polar surface area (TPSA) is 58.4 Å². The highest BCUT2D eigenvalue weighted by Crippen LogP contribution is 2.26. The molecular formula is C22H25N3O2S. The number of likely N-dealkylation sites (tertiary alicyclic amines) is 1. The van der Waals surface area contributed by atoms with Crippen LogP contribution in [0.25, 0.3) is 10.6 Å². The van der Waals surface area contributed by atoms with Crippen LogP contribution in [0.1, 0.15) is 47.4 Å². The summed E-state index contributed by atoms with van der Waals surface area (Å²) in [5, 5.41) is 8.99. The third kappa shape index (κ3) is 4.18. The number of aryl methyl sites for hydroxylation is 1. The summed E-state index contributed by atoms with van der Waals surface area (Å²) in [6, 6.07) is 14.6. The minimum absolute atomic E-state index is 0.182. The molecule has 1 atom stereocenters. The van der Waals surface area contributed by atoms with Crippen LogP contribution in [0.3, 0.4) is 0 Å². The summed E-state index contributed by atoms with van der Waals surface area (Å²) in [6.45, 7) is 4.87. The number of aromatic nitrogens is 1. The molecule has 1 unspecified atom stereocenters. The third-order valence-electron chi connectivity index (χ3n) is 5.32. The van der Waals surface area contributed by atoms with Gasteiger partial charge in [-0.25, -0.2) is 0 Å². The second kappa shape index (κ2) is 8.71. The molecule has 1 aliphatic heterocycles. The lowest BCUT2D eigenvalue weighted by Crippen LogP contribution is -2.36. The molecule has 0 saturated carbocycles. The molecule has 1 aromatic carbocycles. The standard InChI is InChI=1S/C22H25N3O2S/c1-2-16-7-9-17(10-8-16)19(25-11-3-4-12-25)15-23-22(26)18-14-20(27-24-18)21-6-5-13-28-21/h5-10,13-14,19H,2-4,11-12,15H2,1H3,(H,23,26). The molecule has 28 heavy (non-hydrogen) atoms. The van der Waals surface area contributed by atoms with Gasteiger partial charge in [-0.15, -0.1) is 11.3 Å². The number of hydrogen-bond donors (Lipinski definition) is 1. The van der Waals surface area contributed by atoms with Crippen molar-refractivity contribution >= 4 is 17.2 Å². The molecule has 0 aliphatic carbocycles. The predicted molar refractivity (Wildman–Crippen MR) is 112 cm³/mol. The Hall–Kier alpha value is -2.44. The van der Waals surface area contributed by atoms with E-state index in [2.05, 4.69) is 46.6 Å². The Kier molecular flexibility index (Phi) is 5.88. The maximum atomic E-state index is 12.6. The van der Waals surface area contributed by atoms with Crippen molar-refractivity contribution in [1.29, 1.82) is 0 Å². The van der Waals surface area contributed by atoms with Gasteiger partial charge in [0.2, 0.25) is 0 Å². The fourth-order valence-electron chi connectivity index (χ4n) is 3.68. The van der Waals surface area contributed by atoms with Gasteiger partial charge >= 0.3 is 0 Å². The summed E-state index contributed by atoms with van der Waals surface area (Å²) >= 11 is 1.56. The summed E-state index contributed by atoms with van der Waals surface area (Å²) < 4.78 is 5.34. The number of hydrogen-bond acceptors (Lipinski definition) is 5. The van der Waals surface area contributed by atoms with E-state index in [4.69, 9.17) is 4.52 Å². The largest absolute Gasteiger partial charge is 0.355 e. The summed E-state index contributed by atoms with van der Waals surface area (Å²) in [7, 11) is 0. The molecule has 1 aliphatic rings. The number of carbonyl (C=O) groups is 1. The quantitative estimate of drug-likeness (QED) is 0.638. The number of carbonyl (C=O) groups excluding carboxylic acids is 1. The molecule has 4 rings (SSSR count). The van der Waals surface area contributed by atoms with E-state index in [9.17, 15) is 4.79 Å². The van der Waals surface area contributed by atoms with Gasteiger partial charge in [-0.1, -0.05) is 42.4 Å². The Balaban J connectivity index is 1.45. The van der Waals surface area contributed by atoms with Crippen LogP contribution in [-0.4, -0.2) is 35.6 Å². The SMILES string of the molecule is CCc1ccc(C(CNC(=O)c2cc(-c3cccs3)on2)N2CCCC2)cc1. The maximum absolute atomic E-state index is 12.6. The predicted octanol–water partition coefficient (Wildman–Crippen LogP) is 4.53. The van der Waals surface area contributed by atoms with E-state index in [0.717, 1.165) is 24.4 Å². The van der Waals surface area contributed by atoms with E-state index in [1.807, 2.05) is 17.5 Å². The highest BCUT2D eigenvalue weighted by atomic mass is 32.1. The molecule has 2 aromatic heterocycles. The van der Waals surface area contributed by atoms with E-state index >= 15 is 0 Å². The monoisotopic (exact) mass is 395 g/mol. The van der Waals surface area contributed by atoms with Gasteiger partial charge in [0, 0.05) is 12.6 Å². The normalized spacial score (nSPS) is 15.6. The van der Waals surface area contributed by atoms with Crippen molar-refractivity contribution < 1.29 is 9.32 Å². The minimum atomic E-state index is -0.194. The number of rotatable bonds is 7. The lowest BCUT2D eigenvalue weighted by Gasteiger charge is -2.28. The second-order valence-corrected chi connectivity index (χ2v) is 8.07. The number of thiophene rings is 1. The molecule has 0 radical (unpaired) electrons. The Morgan fingerprint density at radius 1 is 1.25 bits per heavy atom. The lowest BCUT2D eigenvalue weighted by molar-refractivity contribution is 0.0929. The molecule has 1 saturated heterocycles. The molecule has 0 spiro atoms. The number of nitrogens with zero attached hydrogens (tertiary/aromatic N) is 2. The summed E-state index contributed by atoms with van der Waals surface area (Å²) in [6.07, 6.45) is 3.46. The summed E-state index contributed by atoms with van der Waals surface area (Å²) in [5.41, 5.74) is 2.90. The molecule has 3 aromatic rings. The minimum Gasteiger partial charge on any atom is -0.355 e. The van der Waals surface area contributed by atoms with E-state index in [1.165, 1.54) is 24.0 Å². The molecule has 5 nitrogen and oxygen atoms in total. The number of benzene rings is 1. The Labute approximate surface area is 169 Å². The highest BCUT2D eigenvalue weighted by molar-refractivity contribution is 7.13. The smallest absolute Gasteiger partial charge is 0.273 e. The van der Waals surface area contributed by atoms with Crippen LogP contribution in [0.4, 0.5) is 0 Å². The van der Waals surface area contributed by atoms with Crippen LogP contribution in [0.15, 0.2) is 52.4 Å². The first kappa shape index (κ1) is 18.9. The number of nitrogens with one attached hydrogen (secondary N) is 1. The molecule has 6 heteroatoms. The van der Waals surface area contributed by atoms with Gasteiger partial charge in [-0.2, -0.15) is 0 Å². The van der Waals surface area contributed by atoms with Gasteiger partial charge in [0.05, 0.1) is 10.9 Å². The van der Waals surface area contributed by atoms with Crippen molar-refractivity contribution in [3.63, 3.8) is 0 Å². The average Bonchev–Trinajstić information content (AvgIpc) is 3.50. The van der Waals surface area contributed by atoms with E-state index in [-0.39, 0.29) is 11.9 Å². The van der Waals surface area contributed by atoms with Crippen molar-refractivity contribution in [3.05, 3.63) is 64.7 Å². The van der Waals surface area contributed by atoms with Gasteiger partial charge in [-0.05, 0) is 54.9 Å². The van der Waals surface area contributed by atoms with Gasteiger partial charge in [0.1, 0.15) is 0 Å². The van der Waals surface area contributed by atoms with Crippen LogP contribution in [0.2, 0.25) is 0 Å². The second-order valence-electron chi connectivity index (χ2n) is 7.12. The first-order valence-corrected chi connectivity index (χ1v) is 10.7. The van der Waals surface area contributed by atoms with E-state index < -0.39 is 0 Å². The zero-order valence-corrected chi connectivity index (χ0v) is 16.9. The van der Waals surface area contributed by atoms with Gasteiger partial charge in [0.25, 0.3) is 5.91 Å². The molecule has 1 fully saturated rings. The summed E-state index contributed by atoms with van der Waals surface area (Å²) in [4.78, 5) is 16.1. The van der Waals surface area contributed by atoms with Crippen molar-refractivity contribution in [3.8, 4) is 10.6 Å². The first-order chi connectivity index (χ1) is 13.7. The van der Waals surface area contributed by atoms with Crippen molar-refractivity contribution in [2.75, 3.05) is 19.6 Å². The van der Waals surface area contributed by atoms with Crippen LogP contribution < -0.4 is 5.32 Å². The first-order valence-electron chi connectivity index (χ1n) is 9.86. The zero-order valence-electron chi connectivity index (χ0n) is 16.1. The van der Waals surface area contributed by atoms with Crippen LogP contribution in [0, 0.1) is 0 Å².